The van der Waals surface area contributed by atoms with E-state index in [4.69, 9.17) is 16.3 Å². The fourth-order valence-electron chi connectivity index (χ4n) is 1.24. The van der Waals surface area contributed by atoms with E-state index in [2.05, 4.69) is 10.3 Å². The molecule has 5 nitrogen and oxygen atoms in total. The molecule has 0 bridgehead atoms. The van der Waals surface area contributed by atoms with Crippen molar-refractivity contribution in [2.24, 2.45) is 0 Å². The molecule has 0 aliphatic rings. The molecule has 0 radical (unpaired) electrons. The molecule has 0 saturated heterocycles. The molecule has 0 aliphatic carbocycles. The summed E-state index contributed by atoms with van der Waals surface area (Å²) in [5, 5.41) is 3.21. The van der Waals surface area contributed by atoms with E-state index >= 15 is 0 Å². The number of amides is 1. The second-order valence-electron chi connectivity index (χ2n) is 3.50. The van der Waals surface area contributed by atoms with Crippen molar-refractivity contribution < 1.29 is 9.53 Å². The Labute approximate surface area is 106 Å². The zero-order valence-corrected chi connectivity index (χ0v) is 10.9. The molecule has 1 heterocycles. The highest BCUT2D eigenvalue weighted by Crippen LogP contribution is 2.17. The standard InChI is InChI=1S/C11H16ClN3O2/c1-13-9-5-4-8(12)10(14-9)11(16)15(2)6-7-17-3/h4-5H,6-7H2,1-3H3,(H,13,14). The van der Waals surface area contributed by atoms with Gasteiger partial charge in [-0.3, -0.25) is 4.79 Å². The third-order valence-corrected chi connectivity index (χ3v) is 2.59. The largest absolute Gasteiger partial charge is 0.383 e. The van der Waals surface area contributed by atoms with Crippen molar-refractivity contribution in [3.8, 4) is 0 Å². The Bertz CT molecular complexity index is 398. The smallest absolute Gasteiger partial charge is 0.273 e. The average molecular weight is 258 g/mol. The second kappa shape index (κ2) is 6.42. The summed E-state index contributed by atoms with van der Waals surface area (Å²) in [5.41, 5.74) is 0.247. The number of nitrogens with one attached hydrogen (secondary N) is 1. The summed E-state index contributed by atoms with van der Waals surface area (Å²) in [4.78, 5) is 17.7. The summed E-state index contributed by atoms with van der Waals surface area (Å²) in [6.07, 6.45) is 0. The number of rotatable bonds is 5. The fourth-order valence-corrected chi connectivity index (χ4v) is 1.43. The minimum absolute atomic E-state index is 0.218. The molecule has 1 N–H and O–H groups in total. The normalized spacial score (nSPS) is 10.1. The first kappa shape index (κ1) is 13.7. The SMILES string of the molecule is CNc1ccc(Cl)c(C(=O)N(C)CCOC)n1. The highest BCUT2D eigenvalue weighted by Gasteiger charge is 2.17. The number of anilines is 1. The van der Waals surface area contributed by atoms with Gasteiger partial charge in [-0.05, 0) is 12.1 Å². The van der Waals surface area contributed by atoms with Gasteiger partial charge in [0.15, 0.2) is 0 Å². The van der Waals surface area contributed by atoms with E-state index in [1.165, 1.54) is 4.90 Å². The summed E-state index contributed by atoms with van der Waals surface area (Å²) in [6.45, 7) is 0.975. The topological polar surface area (TPSA) is 54.5 Å². The average Bonchev–Trinajstić information content (AvgIpc) is 2.35. The maximum atomic E-state index is 12.0. The van der Waals surface area contributed by atoms with E-state index in [0.29, 0.717) is 24.0 Å². The predicted octanol–water partition coefficient (Wildman–Crippen LogP) is 1.50. The fraction of sp³-hybridized carbons (Fsp3) is 0.455. The number of carbonyl (C=O) groups is 1. The first-order valence-electron chi connectivity index (χ1n) is 5.18. The number of pyridine rings is 1. The predicted molar refractivity (Wildman–Crippen MR) is 67.6 cm³/mol. The lowest BCUT2D eigenvalue weighted by Gasteiger charge is -2.17. The molecule has 6 heteroatoms. The second-order valence-corrected chi connectivity index (χ2v) is 3.90. The molecule has 94 valence electrons. The summed E-state index contributed by atoms with van der Waals surface area (Å²) in [6, 6.07) is 3.37. The molecule has 1 aromatic heterocycles. The third kappa shape index (κ3) is 3.57. The highest BCUT2D eigenvalue weighted by molar-refractivity contribution is 6.33. The van der Waals surface area contributed by atoms with Gasteiger partial charge < -0.3 is 15.0 Å². The van der Waals surface area contributed by atoms with Crippen molar-refractivity contribution in [2.75, 3.05) is 39.7 Å². The van der Waals surface area contributed by atoms with Crippen LogP contribution in [0.4, 0.5) is 5.82 Å². The van der Waals surface area contributed by atoms with Crippen LogP contribution in [0.15, 0.2) is 12.1 Å². The van der Waals surface area contributed by atoms with Gasteiger partial charge in [-0.1, -0.05) is 11.6 Å². The maximum Gasteiger partial charge on any atom is 0.273 e. The molecule has 0 fully saturated rings. The van der Waals surface area contributed by atoms with E-state index in [-0.39, 0.29) is 11.6 Å². The first-order chi connectivity index (χ1) is 8.10. The highest BCUT2D eigenvalue weighted by atomic mass is 35.5. The quantitative estimate of drug-likeness (QED) is 0.869. The zero-order chi connectivity index (χ0) is 12.8. The molecule has 0 aliphatic heterocycles. The van der Waals surface area contributed by atoms with E-state index < -0.39 is 0 Å². The number of carbonyl (C=O) groups excluding carboxylic acids is 1. The number of halogens is 1. The number of nitrogens with zero attached hydrogens (tertiary/aromatic N) is 2. The summed E-state index contributed by atoms with van der Waals surface area (Å²) in [5.74, 6) is 0.391. The van der Waals surface area contributed by atoms with Crippen LogP contribution in [0.3, 0.4) is 0 Å². The molecule has 1 rings (SSSR count). The minimum Gasteiger partial charge on any atom is -0.383 e. The van der Waals surface area contributed by atoms with Gasteiger partial charge in [0.25, 0.3) is 5.91 Å². The first-order valence-corrected chi connectivity index (χ1v) is 5.56. The molecule has 0 atom stereocenters. The van der Waals surface area contributed by atoms with Crippen LogP contribution >= 0.6 is 11.6 Å². The van der Waals surface area contributed by atoms with E-state index in [9.17, 15) is 4.79 Å². The Hall–Kier alpha value is -1.33. The Morgan fingerprint density at radius 1 is 1.59 bits per heavy atom. The Morgan fingerprint density at radius 3 is 2.88 bits per heavy atom. The Kier molecular flexibility index (Phi) is 5.18. The molecule has 1 amide bonds. The van der Waals surface area contributed by atoms with Crippen molar-refractivity contribution in [1.82, 2.24) is 9.88 Å². The van der Waals surface area contributed by atoms with Gasteiger partial charge in [0.2, 0.25) is 0 Å². The van der Waals surface area contributed by atoms with Gasteiger partial charge in [0.05, 0.1) is 11.6 Å². The van der Waals surface area contributed by atoms with E-state index in [0.717, 1.165) is 0 Å². The van der Waals surface area contributed by atoms with Crippen LogP contribution in [0.5, 0.6) is 0 Å². The third-order valence-electron chi connectivity index (χ3n) is 2.28. The van der Waals surface area contributed by atoms with Gasteiger partial charge in [-0.15, -0.1) is 0 Å². The van der Waals surface area contributed by atoms with Crippen LogP contribution in [-0.4, -0.2) is 50.1 Å². The summed E-state index contributed by atoms with van der Waals surface area (Å²) in [7, 11) is 5.01. The molecule has 1 aromatic rings. The van der Waals surface area contributed by atoms with Crippen molar-refractivity contribution in [3.63, 3.8) is 0 Å². The van der Waals surface area contributed by atoms with Crippen LogP contribution < -0.4 is 5.32 Å². The van der Waals surface area contributed by atoms with Gasteiger partial charge in [0, 0.05) is 27.7 Å². The molecular formula is C11H16ClN3O2. The molecule has 0 aromatic carbocycles. The molecule has 0 spiro atoms. The minimum atomic E-state index is -0.218. The lowest BCUT2D eigenvalue weighted by atomic mass is 10.3. The van der Waals surface area contributed by atoms with Crippen LogP contribution in [0, 0.1) is 0 Å². The lowest BCUT2D eigenvalue weighted by Crippen LogP contribution is -2.30. The molecule has 0 saturated carbocycles. The van der Waals surface area contributed by atoms with Crippen molar-refractivity contribution in [2.45, 2.75) is 0 Å². The summed E-state index contributed by atoms with van der Waals surface area (Å²) >= 11 is 5.96. The van der Waals surface area contributed by atoms with Gasteiger partial charge in [-0.2, -0.15) is 0 Å². The van der Waals surface area contributed by atoms with Gasteiger partial charge >= 0.3 is 0 Å². The molecule has 17 heavy (non-hydrogen) atoms. The van der Waals surface area contributed by atoms with Gasteiger partial charge in [0.1, 0.15) is 11.5 Å². The van der Waals surface area contributed by atoms with E-state index in [1.54, 1.807) is 33.3 Å². The number of hydrogen-bond acceptors (Lipinski definition) is 4. The van der Waals surface area contributed by atoms with Crippen LogP contribution in [0.1, 0.15) is 10.5 Å². The molecular weight excluding hydrogens is 242 g/mol. The number of hydrogen-bond donors (Lipinski definition) is 1. The van der Waals surface area contributed by atoms with Gasteiger partial charge in [-0.25, -0.2) is 4.98 Å². The van der Waals surface area contributed by atoms with Crippen LogP contribution in [-0.2, 0) is 4.74 Å². The summed E-state index contributed by atoms with van der Waals surface area (Å²) < 4.78 is 4.91. The van der Waals surface area contributed by atoms with Crippen LogP contribution in [0.2, 0.25) is 5.02 Å². The zero-order valence-electron chi connectivity index (χ0n) is 10.2. The Balaban J connectivity index is 2.87. The van der Waals surface area contributed by atoms with E-state index in [1.807, 2.05) is 0 Å². The number of methoxy groups -OCH3 is 1. The van der Waals surface area contributed by atoms with Crippen molar-refractivity contribution >= 4 is 23.3 Å². The Morgan fingerprint density at radius 2 is 2.29 bits per heavy atom. The number of ether oxygens (including phenoxy) is 1. The van der Waals surface area contributed by atoms with Crippen LogP contribution in [0.25, 0.3) is 0 Å². The molecule has 0 unspecified atom stereocenters. The maximum absolute atomic E-state index is 12.0. The van der Waals surface area contributed by atoms with Crippen molar-refractivity contribution in [1.29, 1.82) is 0 Å². The number of aromatic nitrogens is 1. The number of likely N-dealkylation sites (N-methyl/N-ethyl adjacent to an activating group) is 1. The van der Waals surface area contributed by atoms with Crippen molar-refractivity contribution in [3.05, 3.63) is 22.8 Å². The lowest BCUT2D eigenvalue weighted by molar-refractivity contribution is 0.0739. The monoisotopic (exact) mass is 257 g/mol.